The molecule has 1 heterocycles. The molecule has 4 N–H and O–H groups in total. The number of carbonyl (C=O) groups excluding carboxylic acids is 3. The summed E-state index contributed by atoms with van der Waals surface area (Å²) in [5.41, 5.74) is 9.73. The summed E-state index contributed by atoms with van der Waals surface area (Å²) in [6.45, 7) is 2.33. The zero-order chi connectivity index (χ0) is 24.1. The molecule has 1 unspecified atom stereocenters. The lowest BCUT2D eigenvalue weighted by atomic mass is 9.90. The summed E-state index contributed by atoms with van der Waals surface area (Å²) in [4.78, 5) is 41.0. The number of nitrogens with two attached hydrogens (primary N) is 1. The smallest absolute Gasteiger partial charge is 0.338 e. The molecule has 1 aliphatic rings. The minimum absolute atomic E-state index is 0.221. The van der Waals surface area contributed by atoms with Gasteiger partial charge in [-0.05, 0) is 47.9 Å². The van der Waals surface area contributed by atoms with Crippen LogP contribution in [0.1, 0.15) is 39.9 Å². The number of anilines is 1. The summed E-state index contributed by atoms with van der Waals surface area (Å²) in [5.74, 6) is -1.31. The van der Waals surface area contributed by atoms with E-state index in [9.17, 15) is 14.4 Å². The number of esters is 1. The van der Waals surface area contributed by atoms with Crippen molar-refractivity contribution < 1.29 is 19.1 Å². The molecule has 0 radical (unpaired) electrons. The lowest BCUT2D eigenvalue weighted by molar-refractivity contribution is -0.115. The van der Waals surface area contributed by atoms with Crippen molar-refractivity contribution in [2.75, 3.05) is 11.9 Å². The molecule has 4 rings (SSSR count). The fraction of sp³-hybridized carbons (Fsp3) is 0.154. The highest BCUT2D eigenvalue weighted by atomic mass is 16.5. The molecule has 0 bridgehead atoms. The summed E-state index contributed by atoms with van der Waals surface area (Å²) in [5, 5.41) is 5.42. The van der Waals surface area contributed by atoms with Crippen LogP contribution in [0.3, 0.4) is 0 Å². The fourth-order valence-corrected chi connectivity index (χ4v) is 3.80. The molecule has 0 aliphatic carbocycles. The van der Waals surface area contributed by atoms with Crippen LogP contribution in [-0.4, -0.2) is 30.2 Å². The number of fused-ring (bicyclic) bond motifs is 1. The van der Waals surface area contributed by atoms with Crippen molar-refractivity contribution in [1.82, 2.24) is 5.32 Å². The molecule has 1 atom stereocenters. The molecule has 0 saturated carbocycles. The lowest BCUT2D eigenvalue weighted by Gasteiger charge is -2.14. The number of ether oxygens (including phenoxy) is 1. The van der Waals surface area contributed by atoms with Crippen molar-refractivity contribution >= 4 is 35.0 Å². The minimum atomic E-state index is -0.648. The Morgan fingerprint density at radius 2 is 1.76 bits per heavy atom. The van der Waals surface area contributed by atoms with Gasteiger partial charge in [-0.25, -0.2) is 9.59 Å². The van der Waals surface area contributed by atoms with Crippen LogP contribution in [-0.2, 0) is 16.1 Å². The highest BCUT2D eigenvalue weighted by molar-refractivity contribution is 6.24. The molecule has 0 saturated heterocycles. The molecule has 0 spiro atoms. The van der Waals surface area contributed by atoms with E-state index >= 15 is 0 Å². The summed E-state index contributed by atoms with van der Waals surface area (Å²) in [6, 6.07) is 21.3. The maximum atomic E-state index is 13.1. The summed E-state index contributed by atoms with van der Waals surface area (Å²) < 4.78 is 5.07. The van der Waals surface area contributed by atoms with Gasteiger partial charge >= 0.3 is 12.0 Å². The summed E-state index contributed by atoms with van der Waals surface area (Å²) >= 11 is 0. The molecule has 3 aromatic rings. The molecule has 8 nitrogen and oxygen atoms in total. The van der Waals surface area contributed by atoms with Crippen LogP contribution in [0, 0.1) is 0 Å². The SMILES string of the molecule is CCOC(=O)c1ccc2c(c1)NC(=O)C2C(=Nc1ccc(CNC(N)=O)cc1)c1ccccc1. The van der Waals surface area contributed by atoms with E-state index in [-0.39, 0.29) is 12.5 Å². The summed E-state index contributed by atoms with van der Waals surface area (Å²) in [6.07, 6.45) is 0. The Morgan fingerprint density at radius 1 is 1.03 bits per heavy atom. The second-order valence-electron chi connectivity index (χ2n) is 7.69. The number of hydrogen-bond acceptors (Lipinski definition) is 5. The Bertz CT molecular complexity index is 1250. The number of carbonyl (C=O) groups is 3. The quantitative estimate of drug-likeness (QED) is 0.369. The van der Waals surface area contributed by atoms with Crippen LogP contribution in [0.4, 0.5) is 16.2 Å². The average Bonchev–Trinajstić information content (AvgIpc) is 3.17. The van der Waals surface area contributed by atoms with Gasteiger partial charge in [0.15, 0.2) is 0 Å². The van der Waals surface area contributed by atoms with Crippen LogP contribution in [0.2, 0.25) is 0 Å². The molecular weight excluding hydrogens is 432 g/mol. The minimum Gasteiger partial charge on any atom is -0.462 e. The third kappa shape index (κ3) is 4.96. The Kier molecular flexibility index (Phi) is 6.68. The van der Waals surface area contributed by atoms with E-state index in [1.807, 2.05) is 54.6 Å². The van der Waals surface area contributed by atoms with Crippen LogP contribution < -0.4 is 16.4 Å². The first-order valence-corrected chi connectivity index (χ1v) is 10.8. The zero-order valence-corrected chi connectivity index (χ0v) is 18.6. The van der Waals surface area contributed by atoms with Gasteiger partial charge in [-0.1, -0.05) is 48.5 Å². The van der Waals surface area contributed by atoms with E-state index in [0.717, 1.165) is 16.7 Å². The van der Waals surface area contributed by atoms with Gasteiger partial charge in [0.1, 0.15) is 5.92 Å². The molecule has 8 heteroatoms. The Labute approximate surface area is 196 Å². The third-order valence-electron chi connectivity index (χ3n) is 5.39. The van der Waals surface area contributed by atoms with Gasteiger partial charge < -0.3 is 21.1 Å². The Morgan fingerprint density at radius 3 is 2.44 bits per heavy atom. The van der Waals surface area contributed by atoms with Gasteiger partial charge in [-0.3, -0.25) is 9.79 Å². The Balaban J connectivity index is 1.71. The van der Waals surface area contributed by atoms with Gasteiger partial charge in [-0.15, -0.1) is 0 Å². The maximum Gasteiger partial charge on any atom is 0.338 e. The number of rotatable bonds is 7. The molecular formula is C26H24N4O4. The fourth-order valence-electron chi connectivity index (χ4n) is 3.80. The number of nitrogens with one attached hydrogen (secondary N) is 2. The van der Waals surface area contributed by atoms with Gasteiger partial charge in [0.2, 0.25) is 5.91 Å². The number of primary amides is 1. The zero-order valence-electron chi connectivity index (χ0n) is 18.6. The molecule has 0 aromatic heterocycles. The van der Waals surface area contributed by atoms with Crippen molar-refractivity contribution in [3.05, 3.63) is 95.1 Å². The first-order chi connectivity index (χ1) is 16.5. The van der Waals surface area contributed by atoms with Crippen LogP contribution in [0.5, 0.6) is 0 Å². The number of hydrogen-bond donors (Lipinski definition) is 3. The van der Waals surface area contributed by atoms with Gasteiger partial charge in [0.25, 0.3) is 0 Å². The van der Waals surface area contributed by atoms with Crippen molar-refractivity contribution in [2.24, 2.45) is 10.7 Å². The van der Waals surface area contributed by atoms with E-state index in [4.69, 9.17) is 15.5 Å². The second-order valence-corrected chi connectivity index (χ2v) is 7.69. The van der Waals surface area contributed by atoms with Gasteiger partial charge in [0.05, 0.1) is 23.6 Å². The highest BCUT2D eigenvalue weighted by Crippen LogP contribution is 2.37. The molecule has 172 valence electrons. The van der Waals surface area contributed by atoms with E-state index in [0.29, 0.717) is 29.2 Å². The third-order valence-corrected chi connectivity index (χ3v) is 5.39. The van der Waals surface area contributed by atoms with E-state index < -0.39 is 17.9 Å². The normalized spacial score (nSPS) is 14.8. The van der Waals surface area contributed by atoms with Crippen LogP contribution in [0.25, 0.3) is 0 Å². The first kappa shape index (κ1) is 22.7. The predicted molar refractivity (Wildman–Crippen MR) is 129 cm³/mol. The number of benzene rings is 3. The molecule has 34 heavy (non-hydrogen) atoms. The maximum absolute atomic E-state index is 13.1. The topological polar surface area (TPSA) is 123 Å². The number of amides is 3. The molecule has 0 fully saturated rings. The van der Waals surface area contributed by atoms with Crippen LogP contribution >= 0.6 is 0 Å². The van der Waals surface area contributed by atoms with E-state index in [1.54, 1.807) is 25.1 Å². The van der Waals surface area contributed by atoms with Crippen LogP contribution in [0.15, 0.2) is 77.8 Å². The van der Waals surface area contributed by atoms with Crippen molar-refractivity contribution in [2.45, 2.75) is 19.4 Å². The number of urea groups is 1. The molecule has 3 amide bonds. The van der Waals surface area contributed by atoms with Gasteiger partial charge in [0, 0.05) is 12.2 Å². The Hall–Kier alpha value is -4.46. The molecule has 1 aliphatic heterocycles. The lowest BCUT2D eigenvalue weighted by Crippen LogP contribution is -2.28. The first-order valence-electron chi connectivity index (χ1n) is 10.8. The summed E-state index contributed by atoms with van der Waals surface area (Å²) in [7, 11) is 0. The number of nitrogens with zero attached hydrogens (tertiary/aromatic N) is 1. The van der Waals surface area contributed by atoms with Crippen molar-refractivity contribution in [3.8, 4) is 0 Å². The largest absolute Gasteiger partial charge is 0.462 e. The standard InChI is InChI=1S/C26H24N4O4/c1-2-34-25(32)18-10-13-20-21(14-18)30-24(31)22(20)23(17-6-4-3-5-7-17)29-19-11-8-16(9-12-19)15-28-26(27)33/h3-14,22H,2,15H2,1H3,(H,30,31)(H3,27,28,33). The molecule has 3 aromatic carbocycles. The second kappa shape index (κ2) is 9.99. The van der Waals surface area contributed by atoms with E-state index in [2.05, 4.69) is 10.6 Å². The van der Waals surface area contributed by atoms with E-state index in [1.165, 1.54) is 0 Å². The van der Waals surface area contributed by atoms with Gasteiger partial charge in [-0.2, -0.15) is 0 Å². The highest BCUT2D eigenvalue weighted by Gasteiger charge is 2.36. The predicted octanol–water partition coefficient (Wildman–Crippen LogP) is 3.89. The van der Waals surface area contributed by atoms with Crippen molar-refractivity contribution in [3.63, 3.8) is 0 Å². The average molecular weight is 457 g/mol. The van der Waals surface area contributed by atoms with Crippen molar-refractivity contribution in [1.29, 1.82) is 0 Å². The monoisotopic (exact) mass is 456 g/mol. The number of aliphatic imine (C=N–C) groups is 1.